The summed E-state index contributed by atoms with van der Waals surface area (Å²) in [4.78, 5) is 12.9. The van der Waals surface area contributed by atoms with Crippen LogP contribution in [0.5, 0.6) is 0 Å². The van der Waals surface area contributed by atoms with Crippen LogP contribution in [0.25, 0.3) is 0 Å². The molecule has 4 nitrogen and oxygen atoms in total. The average Bonchev–Trinajstić information content (AvgIpc) is 2.93. The van der Waals surface area contributed by atoms with Gasteiger partial charge in [-0.25, -0.2) is 4.39 Å². The Hall–Kier alpha value is -1.93. The highest BCUT2D eigenvalue weighted by Crippen LogP contribution is 2.25. The Bertz CT molecular complexity index is 533. The van der Waals surface area contributed by atoms with Crippen molar-refractivity contribution >= 4 is 5.97 Å². The van der Waals surface area contributed by atoms with Gasteiger partial charge in [-0.2, -0.15) is 5.26 Å². The highest BCUT2D eigenvalue weighted by molar-refractivity contribution is 5.69. The molecular weight excluding hydrogens is 259 g/mol. The molecule has 1 fully saturated rings. The fourth-order valence-corrected chi connectivity index (χ4v) is 2.75. The molecule has 0 aliphatic heterocycles. The maximum absolute atomic E-state index is 13.3. The number of carbonyl (C=O) groups is 1. The molecule has 20 heavy (non-hydrogen) atoms. The van der Waals surface area contributed by atoms with Gasteiger partial charge in [0.25, 0.3) is 0 Å². The molecule has 1 saturated carbocycles. The molecule has 1 aromatic carbocycles. The highest BCUT2D eigenvalue weighted by Gasteiger charge is 2.24. The second-order valence-corrected chi connectivity index (χ2v) is 5.16. The van der Waals surface area contributed by atoms with E-state index in [2.05, 4.69) is 0 Å². The standard InChI is InChI=1S/C15H17FN2O2/c16-14-6-5-11(7-12(14)8-17)9-18(10-15(19)20)13-3-1-2-4-13/h5-7,13H,1-4,9-10H2,(H,19,20). The smallest absolute Gasteiger partial charge is 0.317 e. The molecule has 0 amide bonds. The topological polar surface area (TPSA) is 64.3 Å². The Morgan fingerprint density at radius 3 is 2.75 bits per heavy atom. The first-order valence-corrected chi connectivity index (χ1v) is 6.74. The van der Waals surface area contributed by atoms with Gasteiger partial charge < -0.3 is 5.11 Å². The average molecular weight is 276 g/mol. The molecule has 0 aromatic heterocycles. The second kappa shape index (κ2) is 6.49. The summed E-state index contributed by atoms with van der Waals surface area (Å²) in [5.41, 5.74) is 0.778. The van der Waals surface area contributed by atoms with E-state index in [1.165, 1.54) is 12.1 Å². The van der Waals surface area contributed by atoms with Gasteiger partial charge in [-0.15, -0.1) is 0 Å². The van der Waals surface area contributed by atoms with E-state index in [0.29, 0.717) is 6.54 Å². The number of halogens is 1. The van der Waals surface area contributed by atoms with Crippen LogP contribution in [-0.4, -0.2) is 28.6 Å². The van der Waals surface area contributed by atoms with Crippen molar-refractivity contribution in [3.63, 3.8) is 0 Å². The first-order valence-electron chi connectivity index (χ1n) is 6.74. The minimum atomic E-state index is -0.862. The monoisotopic (exact) mass is 276 g/mol. The molecule has 1 aliphatic rings. The van der Waals surface area contributed by atoms with E-state index in [1.54, 1.807) is 6.07 Å². The zero-order valence-electron chi connectivity index (χ0n) is 11.2. The molecule has 0 bridgehead atoms. The molecular formula is C15H17FN2O2. The summed E-state index contributed by atoms with van der Waals surface area (Å²) in [5, 5.41) is 17.8. The van der Waals surface area contributed by atoms with Crippen molar-refractivity contribution < 1.29 is 14.3 Å². The molecule has 106 valence electrons. The number of hydrogen-bond acceptors (Lipinski definition) is 3. The number of carboxylic acids is 1. The van der Waals surface area contributed by atoms with Crippen molar-refractivity contribution in [3.8, 4) is 6.07 Å². The number of carboxylic acid groups (broad SMARTS) is 1. The number of benzene rings is 1. The van der Waals surface area contributed by atoms with Crippen LogP contribution < -0.4 is 0 Å². The van der Waals surface area contributed by atoms with Crippen LogP contribution in [0.3, 0.4) is 0 Å². The van der Waals surface area contributed by atoms with E-state index in [-0.39, 0.29) is 18.2 Å². The van der Waals surface area contributed by atoms with Crippen molar-refractivity contribution in [1.29, 1.82) is 5.26 Å². The van der Waals surface area contributed by atoms with Crippen molar-refractivity contribution in [2.45, 2.75) is 38.3 Å². The van der Waals surface area contributed by atoms with Gasteiger partial charge in [0.15, 0.2) is 0 Å². The van der Waals surface area contributed by atoms with Gasteiger partial charge >= 0.3 is 5.97 Å². The number of rotatable bonds is 5. The number of nitrogens with zero attached hydrogens (tertiary/aromatic N) is 2. The second-order valence-electron chi connectivity index (χ2n) is 5.16. The first kappa shape index (κ1) is 14.5. The summed E-state index contributed by atoms with van der Waals surface area (Å²) in [7, 11) is 0. The lowest BCUT2D eigenvalue weighted by Crippen LogP contribution is -2.37. The van der Waals surface area contributed by atoms with E-state index in [4.69, 9.17) is 10.4 Å². The van der Waals surface area contributed by atoms with Gasteiger partial charge in [-0.3, -0.25) is 9.69 Å². The number of aliphatic carboxylic acids is 1. The van der Waals surface area contributed by atoms with E-state index in [0.717, 1.165) is 31.2 Å². The fraction of sp³-hybridized carbons (Fsp3) is 0.467. The van der Waals surface area contributed by atoms with Gasteiger partial charge in [0.2, 0.25) is 0 Å². The number of nitriles is 1. The Morgan fingerprint density at radius 1 is 1.45 bits per heavy atom. The molecule has 0 spiro atoms. The van der Waals surface area contributed by atoms with Crippen LogP contribution in [-0.2, 0) is 11.3 Å². The summed E-state index contributed by atoms with van der Waals surface area (Å²) < 4.78 is 13.3. The van der Waals surface area contributed by atoms with Gasteiger partial charge in [0.1, 0.15) is 11.9 Å². The minimum Gasteiger partial charge on any atom is -0.480 e. The fourth-order valence-electron chi connectivity index (χ4n) is 2.75. The Kier molecular flexibility index (Phi) is 4.70. The Labute approximate surface area is 117 Å². The third-order valence-corrected chi connectivity index (χ3v) is 3.72. The van der Waals surface area contributed by atoms with E-state index in [9.17, 15) is 9.18 Å². The number of hydrogen-bond donors (Lipinski definition) is 1. The quantitative estimate of drug-likeness (QED) is 0.897. The molecule has 0 saturated heterocycles. The Morgan fingerprint density at radius 2 is 2.15 bits per heavy atom. The third kappa shape index (κ3) is 3.55. The Balaban J connectivity index is 2.14. The summed E-state index contributed by atoms with van der Waals surface area (Å²) >= 11 is 0. The highest BCUT2D eigenvalue weighted by atomic mass is 19.1. The molecule has 0 heterocycles. The van der Waals surface area contributed by atoms with Gasteiger partial charge in [0.05, 0.1) is 12.1 Å². The van der Waals surface area contributed by atoms with Crippen molar-refractivity contribution in [2.75, 3.05) is 6.54 Å². The van der Waals surface area contributed by atoms with Crippen LogP contribution in [0, 0.1) is 17.1 Å². The summed E-state index contributed by atoms with van der Waals surface area (Å²) in [6.07, 6.45) is 4.24. The molecule has 1 aromatic rings. The zero-order chi connectivity index (χ0) is 14.5. The molecule has 5 heteroatoms. The third-order valence-electron chi connectivity index (χ3n) is 3.72. The maximum atomic E-state index is 13.3. The van der Waals surface area contributed by atoms with Gasteiger partial charge in [-0.1, -0.05) is 18.9 Å². The van der Waals surface area contributed by atoms with Crippen LogP contribution >= 0.6 is 0 Å². The lowest BCUT2D eigenvalue weighted by Gasteiger charge is -2.27. The summed E-state index contributed by atoms with van der Waals surface area (Å²) in [6.45, 7) is 0.413. The molecule has 0 unspecified atom stereocenters. The van der Waals surface area contributed by atoms with Gasteiger partial charge in [-0.05, 0) is 30.5 Å². The molecule has 1 aliphatic carbocycles. The summed E-state index contributed by atoms with van der Waals surface area (Å²) in [6, 6.07) is 6.45. The van der Waals surface area contributed by atoms with Crippen LogP contribution in [0.4, 0.5) is 4.39 Å². The molecule has 0 radical (unpaired) electrons. The first-order chi connectivity index (χ1) is 9.60. The molecule has 1 N–H and O–H groups in total. The van der Waals surface area contributed by atoms with Crippen LogP contribution in [0.15, 0.2) is 18.2 Å². The predicted octanol–water partition coefficient (Wildman–Crippen LogP) is 2.53. The van der Waals surface area contributed by atoms with E-state index in [1.807, 2.05) is 11.0 Å². The van der Waals surface area contributed by atoms with E-state index < -0.39 is 11.8 Å². The van der Waals surface area contributed by atoms with Gasteiger partial charge in [0, 0.05) is 12.6 Å². The lowest BCUT2D eigenvalue weighted by atomic mass is 10.1. The van der Waals surface area contributed by atoms with E-state index >= 15 is 0 Å². The van der Waals surface area contributed by atoms with Crippen LogP contribution in [0.1, 0.15) is 36.8 Å². The largest absolute Gasteiger partial charge is 0.480 e. The predicted molar refractivity (Wildman–Crippen MR) is 71.4 cm³/mol. The summed E-state index contributed by atoms with van der Waals surface area (Å²) in [5.74, 6) is -1.40. The molecule has 2 rings (SSSR count). The van der Waals surface area contributed by atoms with Crippen LogP contribution in [0.2, 0.25) is 0 Å². The minimum absolute atomic E-state index is 0.00389. The normalized spacial score (nSPS) is 15.4. The van der Waals surface area contributed by atoms with Crippen molar-refractivity contribution in [3.05, 3.63) is 35.1 Å². The lowest BCUT2D eigenvalue weighted by molar-refractivity contribution is -0.139. The van der Waals surface area contributed by atoms with Crippen molar-refractivity contribution in [2.24, 2.45) is 0 Å². The molecule has 0 atom stereocenters. The van der Waals surface area contributed by atoms with Crippen molar-refractivity contribution in [1.82, 2.24) is 4.90 Å². The zero-order valence-corrected chi connectivity index (χ0v) is 11.2. The maximum Gasteiger partial charge on any atom is 0.317 e. The SMILES string of the molecule is N#Cc1cc(CN(CC(=O)O)C2CCCC2)ccc1F.